The van der Waals surface area contributed by atoms with Crippen molar-refractivity contribution in [1.82, 2.24) is 10.1 Å². The van der Waals surface area contributed by atoms with Crippen molar-refractivity contribution in [2.75, 3.05) is 0 Å². The van der Waals surface area contributed by atoms with Crippen LogP contribution < -0.4 is 0 Å². The summed E-state index contributed by atoms with van der Waals surface area (Å²) in [7, 11) is 0. The predicted molar refractivity (Wildman–Crippen MR) is 62.4 cm³/mol. The molecule has 0 aliphatic heterocycles. The summed E-state index contributed by atoms with van der Waals surface area (Å²) >= 11 is 1.61. The molecule has 2 aromatic rings. The van der Waals surface area contributed by atoms with E-state index in [4.69, 9.17) is 4.52 Å². The molecule has 0 aliphatic carbocycles. The molecule has 0 aromatic carbocycles. The van der Waals surface area contributed by atoms with Gasteiger partial charge >= 0.3 is 0 Å². The number of hydrogen-bond acceptors (Lipinski definition) is 5. The lowest BCUT2D eigenvalue weighted by Crippen LogP contribution is -2.11. The molecule has 0 amide bonds. The number of aromatic nitrogens is 2. The van der Waals surface area contributed by atoms with E-state index in [1.807, 2.05) is 24.6 Å². The molecule has 2 atom stereocenters. The van der Waals surface area contributed by atoms with Crippen LogP contribution in [0.2, 0.25) is 0 Å². The van der Waals surface area contributed by atoms with Crippen molar-refractivity contribution < 1.29 is 9.63 Å². The van der Waals surface area contributed by atoms with Crippen LogP contribution >= 0.6 is 11.3 Å². The predicted octanol–water partition coefficient (Wildman–Crippen LogP) is 2.59. The Morgan fingerprint density at radius 2 is 2.12 bits per heavy atom. The molecule has 4 nitrogen and oxygen atoms in total. The van der Waals surface area contributed by atoms with E-state index in [2.05, 4.69) is 10.1 Å². The molecule has 1 N–H and O–H groups in total. The van der Waals surface area contributed by atoms with Crippen molar-refractivity contribution in [3.05, 3.63) is 22.2 Å². The van der Waals surface area contributed by atoms with Gasteiger partial charge in [0.05, 0.1) is 12.0 Å². The highest BCUT2D eigenvalue weighted by atomic mass is 32.1. The first-order valence-corrected chi connectivity index (χ1v) is 6.08. The van der Waals surface area contributed by atoms with Gasteiger partial charge in [-0.05, 0) is 24.8 Å². The van der Waals surface area contributed by atoms with Crippen molar-refractivity contribution >= 4 is 11.3 Å². The van der Waals surface area contributed by atoms with Gasteiger partial charge in [0.15, 0.2) is 0 Å². The summed E-state index contributed by atoms with van der Waals surface area (Å²) in [5.74, 6) is 0.942. The van der Waals surface area contributed by atoms with E-state index in [1.54, 1.807) is 18.3 Å². The van der Waals surface area contributed by atoms with Crippen LogP contribution in [-0.4, -0.2) is 21.4 Å². The second-order valence-electron chi connectivity index (χ2n) is 3.95. The third kappa shape index (κ3) is 2.01. The lowest BCUT2D eigenvalue weighted by Gasteiger charge is -2.07. The highest BCUT2D eigenvalue weighted by molar-refractivity contribution is 7.08. The number of aryl methyl sites for hydroxylation is 1. The van der Waals surface area contributed by atoms with Gasteiger partial charge in [-0.1, -0.05) is 12.1 Å². The Kier molecular flexibility index (Phi) is 3.07. The van der Waals surface area contributed by atoms with Crippen molar-refractivity contribution in [3.63, 3.8) is 0 Å². The summed E-state index contributed by atoms with van der Waals surface area (Å²) in [6, 6.07) is 0. The largest absolute Gasteiger partial charge is 0.393 e. The third-order valence-electron chi connectivity index (χ3n) is 2.65. The average Bonchev–Trinajstić information content (AvgIpc) is 2.84. The van der Waals surface area contributed by atoms with E-state index in [0.29, 0.717) is 11.7 Å². The molecule has 0 radical (unpaired) electrons. The van der Waals surface area contributed by atoms with Gasteiger partial charge in [0.2, 0.25) is 11.7 Å². The summed E-state index contributed by atoms with van der Waals surface area (Å²) in [6.07, 6.45) is -0.489. The standard InChI is InChI=1S/C11H14N2O2S/c1-6-4-16-5-9(6)10-12-11(15-13-10)7(2)8(3)14/h4-5,7-8,14H,1-3H3. The van der Waals surface area contributed by atoms with E-state index in [1.165, 1.54) is 0 Å². The zero-order valence-electron chi connectivity index (χ0n) is 9.47. The molecule has 2 rings (SSSR count). The SMILES string of the molecule is Cc1cscc1-c1noc(C(C)C(C)O)n1. The second kappa shape index (κ2) is 4.35. The molecule has 2 heterocycles. The second-order valence-corrected chi connectivity index (χ2v) is 4.70. The number of rotatable bonds is 3. The zero-order chi connectivity index (χ0) is 11.7. The molecular formula is C11H14N2O2S. The van der Waals surface area contributed by atoms with Crippen molar-refractivity contribution in [3.8, 4) is 11.4 Å². The maximum Gasteiger partial charge on any atom is 0.232 e. The fourth-order valence-corrected chi connectivity index (χ4v) is 2.15. The molecule has 5 heteroatoms. The molecule has 0 aliphatic rings. The van der Waals surface area contributed by atoms with Gasteiger partial charge in [-0.15, -0.1) is 0 Å². The first-order valence-electron chi connectivity index (χ1n) is 5.14. The zero-order valence-corrected chi connectivity index (χ0v) is 10.3. The first-order chi connectivity index (χ1) is 7.59. The van der Waals surface area contributed by atoms with Crippen molar-refractivity contribution in [2.24, 2.45) is 0 Å². The van der Waals surface area contributed by atoms with Crippen LogP contribution in [0.5, 0.6) is 0 Å². The third-order valence-corrected chi connectivity index (χ3v) is 3.51. The summed E-state index contributed by atoms with van der Waals surface area (Å²) < 4.78 is 5.15. The lowest BCUT2D eigenvalue weighted by molar-refractivity contribution is 0.151. The minimum absolute atomic E-state index is 0.139. The van der Waals surface area contributed by atoms with E-state index in [9.17, 15) is 5.11 Å². The van der Waals surface area contributed by atoms with E-state index in [0.717, 1.165) is 11.1 Å². The van der Waals surface area contributed by atoms with Gasteiger partial charge in [-0.25, -0.2) is 0 Å². The smallest absolute Gasteiger partial charge is 0.232 e. The molecule has 0 saturated carbocycles. The molecular weight excluding hydrogens is 224 g/mol. The maximum absolute atomic E-state index is 9.44. The summed E-state index contributed by atoms with van der Waals surface area (Å²) in [5, 5.41) is 17.4. The summed E-state index contributed by atoms with van der Waals surface area (Å²) in [6.45, 7) is 5.59. The Labute approximate surface area is 97.9 Å². The number of aliphatic hydroxyl groups is 1. The minimum Gasteiger partial charge on any atom is -0.393 e. The summed E-state index contributed by atoms with van der Waals surface area (Å²) in [4.78, 5) is 4.30. The molecule has 0 bridgehead atoms. The van der Waals surface area contributed by atoms with Crippen LogP contribution in [0.1, 0.15) is 31.2 Å². The van der Waals surface area contributed by atoms with Gasteiger partial charge in [0.1, 0.15) is 0 Å². The Hall–Kier alpha value is -1.20. The topological polar surface area (TPSA) is 59.2 Å². The van der Waals surface area contributed by atoms with E-state index >= 15 is 0 Å². The monoisotopic (exact) mass is 238 g/mol. The Morgan fingerprint density at radius 3 is 2.69 bits per heavy atom. The van der Waals surface area contributed by atoms with Crippen LogP contribution in [0, 0.1) is 6.92 Å². The Morgan fingerprint density at radius 1 is 1.38 bits per heavy atom. The van der Waals surface area contributed by atoms with Gasteiger partial charge in [0.25, 0.3) is 0 Å². The highest BCUT2D eigenvalue weighted by Crippen LogP contribution is 2.26. The van der Waals surface area contributed by atoms with E-state index < -0.39 is 6.10 Å². The van der Waals surface area contributed by atoms with Crippen LogP contribution in [0.25, 0.3) is 11.4 Å². The quantitative estimate of drug-likeness (QED) is 0.892. The fraction of sp³-hybridized carbons (Fsp3) is 0.455. The number of hydrogen-bond donors (Lipinski definition) is 1. The van der Waals surface area contributed by atoms with Gasteiger partial charge in [-0.3, -0.25) is 0 Å². The maximum atomic E-state index is 9.44. The van der Waals surface area contributed by atoms with Crippen molar-refractivity contribution in [1.29, 1.82) is 0 Å². The lowest BCUT2D eigenvalue weighted by atomic mass is 10.1. The number of thiophene rings is 1. The summed E-state index contributed by atoms with van der Waals surface area (Å²) in [5.41, 5.74) is 2.14. The number of aliphatic hydroxyl groups excluding tert-OH is 1. The molecule has 2 aromatic heterocycles. The molecule has 0 spiro atoms. The van der Waals surface area contributed by atoms with E-state index in [-0.39, 0.29) is 5.92 Å². The molecule has 0 fully saturated rings. The fourth-order valence-electron chi connectivity index (χ4n) is 1.33. The normalized spacial score (nSPS) is 15.0. The molecule has 2 unspecified atom stereocenters. The molecule has 0 saturated heterocycles. The van der Waals surface area contributed by atoms with Crippen LogP contribution in [-0.2, 0) is 0 Å². The van der Waals surface area contributed by atoms with Gasteiger partial charge in [-0.2, -0.15) is 16.3 Å². The molecule has 16 heavy (non-hydrogen) atoms. The average molecular weight is 238 g/mol. The van der Waals surface area contributed by atoms with Gasteiger partial charge < -0.3 is 9.63 Å². The Bertz CT molecular complexity index is 476. The van der Waals surface area contributed by atoms with Gasteiger partial charge in [0, 0.05) is 10.9 Å². The van der Waals surface area contributed by atoms with Crippen LogP contribution in [0.3, 0.4) is 0 Å². The highest BCUT2D eigenvalue weighted by Gasteiger charge is 2.20. The first kappa shape index (κ1) is 11.3. The Balaban J connectivity index is 2.30. The number of nitrogens with zero attached hydrogens (tertiary/aromatic N) is 2. The van der Waals surface area contributed by atoms with Crippen LogP contribution in [0.4, 0.5) is 0 Å². The van der Waals surface area contributed by atoms with Crippen molar-refractivity contribution in [2.45, 2.75) is 32.8 Å². The molecule has 86 valence electrons. The van der Waals surface area contributed by atoms with Crippen LogP contribution in [0.15, 0.2) is 15.3 Å². The minimum atomic E-state index is -0.489.